The molecule has 0 aliphatic carbocycles. The van der Waals surface area contributed by atoms with Crippen molar-refractivity contribution in [3.8, 4) is 0 Å². The van der Waals surface area contributed by atoms with Gasteiger partial charge in [0.2, 0.25) is 0 Å². The molecule has 0 spiro atoms. The zero-order chi connectivity index (χ0) is 15.1. The number of esters is 1. The predicted octanol–water partition coefficient (Wildman–Crippen LogP) is 1.31. The Labute approximate surface area is 118 Å². The van der Waals surface area contributed by atoms with Crippen molar-refractivity contribution in [1.82, 2.24) is 14.7 Å². The minimum Gasteiger partial charge on any atom is -0.464 e. The van der Waals surface area contributed by atoms with Crippen molar-refractivity contribution >= 4 is 5.97 Å². The van der Waals surface area contributed by atoms with Gasteiger partial charge in [-0.2, -0.15) is 0 Å². The summed E-state index contributed by atoms with van der Waals surface area (Å²) in [6.45, 7) is 8.76. The molecule has 0 rings (SSSR count). The lowest BCUT2D eigenvalue weighted by Gasteiger charge is -2.29. The lowest BCUT2D eigenvalue weighted by molar-refractivity contribution is -0.154. The maximum Gasteiger partial charge on any atom is 0.311 e. The van der Waals surface area contributed by atoms with Crippen molar-refractivity contribution in [2.45, 2.75) is 27.2 Å². The Morgan fingerprint density at radius 1 is 1.05 bits per heavy atom. The lowest BCUT2D eigenvalue weighted by Crippen LogP contribution is -2.42. The molecule has 0 atom stereocenters. The van der Waals surface area contributed by atoms with Gasteiger partial charge in [-0.1, -0.05) is 6.92 Å². The van der Waals surface area contributed by atoms with Crippen LogP contribution in [0.3, 0.4) is 0 Å². The van der Waals surface area contributed by atoms with Gasteiger partial charge in [0.15, 0.2) is 0 Å². The summed E-state index contributed by atoms with van der Waals surface area (Å²) in [6.07, 6.45) is 0.797. The molecule has 0 radical (unpaired) electrons. The van der Waals surface area contributed by atoms with Crippen LogP contribution in [-0.2, 0) is 9.53 Å². The number of ether oxygens (including phenoxy) is 1. The number of hydrogen-bond donors (Lipinski definition) is 0. The van der Waals surface area contributed by atoms with Gasteiger partial charge in [-0.15, -0.1) is 0 Å². The van der Waals surface area contributed by atoms with E-state index in [4.69, 9.17) is 4.74 Å². The van der Waals surface area contributed by atoms with Crippen LogP contribution in [0.1, 0.15) is 27.2 Å². The molecule has 0 aliphatic heterocycles. The minimum atomic E-state index is -0.381. The Hall–Kier alpha value is -0.650. The first-order valence-corrected chi connectivity index (χ1v) is 6.88. The molecule has 0 aliphatic rings. The Bertz CT molecular complexity index is 255. The van der Waals surface area contributed by atoms with Gasteiger partial charge in [0, 0.05) is 6.54 Å². The van der Waals surface area contributed by atoms with Crippen LogP contribution in [0, 0.1) is 5.41 Å². The summed E-state index contributed by atoms with van der Waals surface area (Å²) in [7, 11) is 8.15. The van der Waals surface area contributed by atoms with Crippen molar-refractivity contribution in [2.75, 3.05) is 54.7 Å². The van der Waals surface area contributed by atoms with Gasteiger partial charge < -0.3 is 4.74 Å². The van der Waals surface area contributed by atoms with E-state index in [-0.39, 0.29) is 11.4 Å². The summed E-state index contributed by atoms with van der Waals surface area (Å²) in [6, 6.07) is 0. The van der Waals surface area contributed by atoms with Crippen molar-refractivity contribution in [2.24, 2.45) is 5.41 Å². The molecule has 0 bridgehead atoms. The van der Waals surface area contributed by atoms with Gasteiger partial charge in [-0.25, -0.2) is 0 Å². The molecule has 0 amide bonds. The van der Waals surface area contributed by atoms with Crippen LogP contribution in [0.15, 0.2) is 0 Å². The van der Waals surface area contributed by atoms with Crippen molar-refractivity contribution in [3.63, 3.8) is 0 Å². The first-order valence-electron chi connectivity index (χ1n) is 6.88. The zero-order valence-electron chi connectivity index (χ0n) is 13.7. The second kappa shape index (κ2) is 8.51. The standard InChI is InChI=1S/C14H31N3O2/c1-8-14(2,3)13(18)19-10-9-17(11-15(4)5)12-16(6)7/h8-12H2,1-7H3. The summed E-state index contributed by atoms with van der Waals surface area (Å²) in [4.78, 5) is 18.3. The largest absolute Gasteiger partial charge is 0.464 e. The molecule has 0 saturated carbocycles. The summed E-state index contributed by atoms with van der Waals surface area (Å²) in [5.41, 5.74) is -0.381. The van der Waals surface area contributed by atoms with Crippen molar-refractivity contribution < 1.29 is 9.53 Å². The second-order valence-electron chi connectivity index (χ2n) is 6.21. The van der Waals surface area contributed by atoms with Crippen LogP contribution in [0.2, 0.25) is 0 Å². The third-order valence-electron chi connectivity index (χ3n) is 3.04. The van der Waals surface area contributed by atoms with Gasteiger partial charge in [-0.05, 0) is 48.5 Å². The number of rotatable bonds is 9. The molecule has 19 heavy (non-hydrogen) atoms. The number of hydrogen-bond acceptors (Lipinski definition) is 5. The molecule has 0 aromatic carbocycles. The van der Waals surface area contributed by atoms with E-state index in [1.165, 1.54) is 0 Å². The van der Waals surface area contributed by atoms with Crippen LogP contribution >= 0.6 is 0 Å². The summed E-state index contributed by atoms with van der Waals surface area (Å²) in [5.74, 6) is -0.107. The van der Waals surface area contributed by atoms with Gasteiger partial charge in [-0.3, -0.25) is 19.5 Å². The quantitative estimate of drug-likeness (QED) is 0.467. The van der Waals surface area contributed by atoms with E-state index in [1.54, 1.807) is 0 Å². The van der Waals surface area contributed by atoms with Gasteiger partial charge in [0.05, 0.1) is 18.8 Å². The molecular formula is C14H31N3O2. The van der Waals surface area contributed by atoms with E-state index >= 15 is 0 Å². The first-order chi connectivity index (χ1) is 8.69. The van der Waals surface area contributed by atoms with Gasteiger partial charge >= 0.3 is 5.97 Å². The Morgan fingerprint density at radius 3 is 1.89 bits per heavy atom. The van der Waals surface area contributed by atoms with Gasteiger partial charge in [0.25, 0.3) is 0 Å². The molecule has 0 aromatic heterocycles. The highest BCUT2D eigenvalue weighted by Crippen LogP contribution is 2.21. The van der Waals surface area contributed by atoms with Crippen LogP contribution in [0.25, 0.3) is 0 Å². The summed E-state index contributed by atoms with van der Waals surface area (Å²) in [5, 5.41) is 0. The SMILES string of the molecule is CCC(C)(C)C(=O)OCCN(CN(C)C)CN(C)C. The number of nitrogens with zero attached hydrogens (tertiary/aromatic N) is 3. The molecule has 0 aromatic rings. The van der Waals surface area contributed by atoms with E-state index in [2.05, 4.69) is 14.7 Å². The molecule has 0 unspecified atom stereocenters. The van der Waals surface area contributed by atoms with E-state index in [0.717, 1.165) is 26.3 Å². The Morgan fingerprint density at radius 2 is 1.53 bits per heavy atom. The fourth-order valence-electron chi connectivity index (χ4n) is 1.59. The van der Waals surface area contributed by atoms with E-state index in [0.29, 0.717) is 6.61 Å². The van der Waals surface area contributed by atoms with Crippen molar-refractivity contribution in [1.29, 1.82) is 0 Å². The smallest absolute Gasteiger partial charge is 0.311 e. The topological polar surface area (TPSA) is 36.0 Å². The molecular weight excluding hydrogens is 242 g/mol. The zero-order valence-corrected chi connectivity index (χ0v) is 13.7. The number of carbonyl (C=O) groups is 1. The van der Waals surface area contributed by atoms with Crippen LogP contribution in [-0.4, -0.2) is 75.3 Å². The first kappa shape index (κ1) is 18.4. The fourth-order valence-corrected chi connectivity index (χ4v) is 1.59. The molecule has 5 nitrogen and oxygen atoms in total. The fraction of sp³-hybridized carbons (Fsp3) is 0.929. The Kier molecular flexibility index (Phi) is 8.22. The maximum absolute atomic E-state index is 11.9. The Balaban J connectivity index is 4.15. The van der Waals surface area contributed by atoms with Crippen LogP contribution < -0.4 is 0 Å². The van der Waals surface area contributed by atoms with E-state index < -0.39 is 0 Å². The monoisotopic (exact) mass is 273 g/mol. The normalized spacial score (nSPS) is 12.5. The summed E-state index contributed by atoms with van der Waals surface area (Å²) < 4.78 is 5.37. The van der Waals surface area contributed by atoms with Crippen molar-refractivity contribution in [3.05, 3.63) is 0 Å². The van der Waals surface area contributed by atoms with Gasteiger partial charge in [0.1, 0.15) is 6.61 Å². The molecule has 5 heteroatoms. The van der Waals surface area contributed by atoms with E-state index in [1.807, 2.05) is 49.0 Å². The summed E-state index contributed by atoms with van der Waals surface area (Å²) >= 11 is 0. The molecule has 114 valence electrons. The highest BCUT2D eigenvalue weighted by atomic mass is 16.5. The molecule has 0 heterocycles. The maximum atomic E-state index is 11.9. The number of carbonyl (C=O) groups excluding carboxylic acids is 1. The third-order valence-corrected chi connectivity index (χ3v) is 3.04. The molecule has 0 N–H and O–H groups in total. The molecule has 0 saturated heterocycles. The average Bonchev–Trinajstić information content (AvgIpc) is 2.26. The minimum absolute atomic E-state index is 0.107. The molecule has 0 fully saturated rings. The van der Waals surface area contributed by atoms with E-state index in [9.17, 15) is 4.79 Å². The highest BCUT2D eigenvalue weighted by Gasteiger charge is 2.27. The lowest BCUT2D eigenvalue weighted by atomic mass is 9.91. The predicted molar refractivity (Wildman–Crippen MR) is 78.8 cm³/mol. The average molecular weight is 273 g/mol. The van der Waals surface area contributed by atoms with Crippen LogP contribution in [0.4, 0.5) is 0 Å². The third kappa shape index (κ3) is 8.18. The highest BCUT2D eigenvalue weighted by molar-refractivity contribution is 5.75. The second-order valence-corrected chi connectivity index (χ2v) is 6.21. The van der Waals surface area contributed by atoms with Crippen LogP contribution in [0.5, 0.6) is 0 Å².